The number of allylic oxidation sites excluding steroid dienone is 1. The highest BCUT2D eigenvalue weighted by atomic mass is 32.2. The molecule has 0 saturated heterocycles. The second-order valence-corrected chi connectivity index (χ2v) is 34.7. The van der Waals surface area contributed by atoms with E-state index in [1.165, 1.54) is 4.90 Å². The molecule has 0 saturated carbocycles. The number of hydrazine groups is 1. The Morgan fingerprint density at radius 3 is 1.81 bits per heavy atom. The monoisotopic (exact) mass is 1800 g/mol. The van der Waals surface area contributed by atoms with Crippen LogP contribution in [0.15, 0.2) is 84.2 Å². The normalized spacial score (nSPS) is 15.9. The van der Waals surface area contributed by atoms with Gasteiger partial charge in [0.25, 0.3) is 20.2 Å². The van der Waals surface area contributed by atoms with Crippen LogP contribution in [0.5, 0.6) is 0 Å². The maximum Gasteiger partial charge on any atom is 0.313 e. The molecule has 6 atom stereocenters. The molecule has 43 heteroatoms. The third-order valence-electron chi connectivity index (χ3n) is 19.4. The van der Waals surface area contributed by atoms with Gasteiger partial charge in [-0.15, -0.1) is 8.58 Å². The lowest BCUT2D eigenvalue weighted by Gasteiger charge is -2.31. The molecule has 20 N–H and O–H groups in total. The van der Waals surface area contributed by atoms with E-state index in [0.29, 0.717) is 73.9 Å². The van der Waals surface area contributed by atoms with Gasteiger partial charge in [-0.3, -0.25) is 67.8 Å². The van der Waals surface area contributed by atoms with E-state index in [1.54, 1.807) is 49.9 Å². The Balaban J connectivity index is 1.12. The van der Waals surface area contributed by atoms with Crippen molar-refractivity contribution >= 4 is 117 Å². The standard InChI is InChI=1S/C81H128N17O23PS2/c1-54(2)74(79(107)94-64(22-16-33-90-81(83)109)77(105)92-59-27-25-57(26-28-59)52-121-80(108)56(5)122-6)95-78(106)63(21-14-15-32-86-71(103)53-120-66-24-9-7-8-20-62(76(66)96-84)85-34-38-97(50-69(101)88-36-47-123(110,111)112)51-70(102)89-37-48-124(113,114)115)93-68(100)31-39-116-41-43-118-45-46-119-44-42-117-40-35-87-67(99)29-30-72(104)98-49-58-17-10-11-18-60(58)75(91-55(3)4)73(82)61-19-12-13-23-65(61)98/h10-13,17-19,23,25-28,54-56,63-64,66,74,85,91,96,122H,7-9,14-16,20-22,24,29-53,82,84H2,1-6H3,(H,86,103)(H,87,99)(H,88,101)(H,89,102)(H,92,105)(H,93,100)(H,94,107)(H,95,106)(H3,83,90,109)(H,110,111,112)(H,113,114,115)/b75-73-,76-62-/t56?,63-,64+,66?,74+/m1/s1. The Morgan fingerprint density at radius 1 is 0.597 bits per heavy atom. The van der Waals surface area contributed by atoms with Crippen LogP contribution in [0.4, 0.5) is 16.2 Å². The molecule has 2 aliphatic rings. The Kier molecular flexibility index (Phi) is 48.2. The van der Waals surface area contributed by atoms with Crippen LogP contribution in [0, 0.1) is 5.92 Å². The van der Waals surface area contributed by atoms with Crippen molar-refractivity contribution in [1.82, 2.24) is 63.5 Å². The first-order valence-corrected chi connectivity index (χ1v) is 46.4. The number of primary amides is 1. The van der Waals surface area contributed by atoms with Crippen LogP contribution in [0.25, 0.3) is 11.4 Å². The van der Waals surface area contributed by atoms with Crippen LogP contribution in [-0.2, 0) is 110 Å². The number of esters is 1. The second-order valence-electron chi connectivity index (χ2n) is 30.1. The molecule has 3 unspecified atom stereocenters. The maximum absolute atomic E-state index is 14.5. The van der Waals surface area contributed by atoms with Crippen molar-refractivity contribution in [1.29, 1.82) is 0 Å². The number of amides is 11. The van der Waals surface area contributed by atoms with Crippen molar-refractivity contribution in [2.45, 2.75) is 167 Å². The van der Waals surface area contributed by atoms with Gasteiger partial charge in [0.15, 0.2) is 0 Å². The summed E-state index contributed by atoms with van der Waals surface area (Å²) in [5.74, 6) is -1.37. The summed E-state index contributed by atoms with van der Waals surface area (Å²) in [6, 6.07) is 17.4. The number of benzene rings is 3. The molecule has 0 spiro atoms. The zero-order chi connectivity index (χ0) is 91.0. The van der Waals surface area contributed by atoms with Gasteiger partial charge in [-0.05, 0) is 114 Å². The Hall–Kier alpha value is -9.72. The predicted octanol–water partition coefficient (Wildman–Crippen LogP) is 0.816. The van der Waals surface area contributed by atoms with Crippen molar-refractivity contribution in [3.8, 4) is 0 Å². The number of nitrogens with one attached hydrogen (secondary N) is 12. The van der Waals surface area contributed by atoms with E-state index >= 15 is 0 Å². The zero-order valence-electron chi connectivity index (χ0n) is 71.6. The molecular weight excluding hydrogens is 1670 g/mol. The number of unbranched alkanes of at least 4 members (excludes halogenated alkanes) is 1. The molecule has 0 bridgehead atoms. The molecule has 1 aliphatic heterocycles. The van der Waals surface area contributed by atoms with Gasteiger partial charge in [-0.1, -0.05) is 81.3 Å². The molecule has 692 valence electrons. The van der Waals surface area contributed by atoms with Gasteiger partial charge in [0.05, 0.1) is 112 Å². The Labute approximate surface area is 727 Å². The highest BCUT2D eigenvalue weighted by molar-refractivity contribution is 7.86. The van der Waals surface area contributed by atoms with E-state index < -0.39 is 142 Å². The van der Waals surface area contributed by atoms with Crippen molar-refractivity contribution < 1.29 is 107 Å². The van der Waals surface area contributed by atoms with Crippen molar-refractivity contribution in [3.05, 3.63) is 106 Å². The lowest BCUT2D eigenvalue weighted by Crippen LogP contribution is -2.57. The van der Waals surface area contributed by atoms with E-state index in [2.05, 4.69) is 63.9 Å². The number of para-hydroxylation sites is 1. The van der Waals surface area contributed by atoms with Crippen LogP contribution in [0.3, 0.4) is 0 Å². The van der Waals surface area contributed by atoms with Gasteiger partial charge >= 0.3 is 12.0 Å². The summed E-state index contributed by atoms with van der Waals surface area (Å²) in [5, 5.41) is 30.7. The topological polar surface area (TPSA) is 581 Å². The van der Waals surface area contributed by atoms with E-state index in [0.717, 1.165) is 29.7 Å². The highest BCUT2D eigenvalue weighted by Gasteiger charge is 2.33. The minimum absolute atomic E-state index is 0.0157. The summed E-state index contributed by atoms with van der Waals surface area (Å²) >= 11 is 0. The predicted molar refractivity (Wildman–Crippen MR) is 467 cm³/mol. The number of carbonyl (C=O) groups is 11. The van der Waals surface area contributed by atoms with E-state index in [9.17, 15) is 69.6 Å². The van der Waals surface area contributed by atoms with Gasteiger partial charge in [0.1, 0.15) is 37.4 Å². The summed E-state index contributed by atoms with van der Waals surface area (Å²) in [4.78, 5) is 149. The summed E-state index contributed by atoms with van der Waals surface area (Å²) in [6.07, 6.45) is 3.02. The molecule has 3 aromatic rings. The number of nitrogens with zero attached hydrogens (tertiary/aromatic N) is 2. The second kappa shape index (κ2) is 57.0. The smallest absolute Gasteiger partial charge is 0.313 e. The fourth-order valence-corrected chi connectivity index (χ4v) is 13.9. The molecule has 5 rings (SSSR count). The average molecular weight is 1800 g/mol. The molecule has 11 amide bonds. The highest BCUT2D eigenvalue weighted by Crippen LogP contribution is 2.35. The SMILES string of the molecule is CPC(C)C(=O)OCc1ccc(NC(=O)[C@H](CCCNC(N)=O)NC(=O)[C@@H](NC(=O)[C@@H](CCCCNC(=O)COC2CCCCC/C(NCCN(CC(=O)NCCS(=O)(=O)O)CC(=O)NCCS(=O)(=O)O)=C\2NN)NC(=O)CCOCCOCCOCCOCCNC(=O)CCC(=O)N2Cc3ccccc3/C(NC(C)C)=C(/N)c3ccccc32)C(C)C)cc1. The quantitative estimate of drug-likeness (QED) is 0.00929. The lowest BCUT2D eigenvalue weighted by atomic mass is 9.95. The number of hydrogen-bond donors (Lipinski definition) is 17. The summed E-state index contributed by atoms with van der Waals surface area (Å²) in [5.41, 5.74) is 21.1. The number of fused-ring (bicyclic) bond motifs is 2. The Morgan fingerprint density at radius 2 is 1.19 bits per heavy atom. The summed E-state index contributed by atoms with van der Waals surface area (Å²) in [7, 11) is -8.42. The molecule has 0 fully saturated rings. The molecule has 3 aromatic carbocycles. The third-order valence-corrected chi connectivity index (χ3v) is 22.0. The van der Waals surface area contributed by atoms with Crippen molar-refractivity contribution in [2.75, 3.05) is 147 Å². The van der Waals surface area contributed by atoms with Gasteiger partial charge in [0, 0.05) is 93.6 Å². The number of rotatable bonds is 59. The molecule has 0 radical (unpaired) electrons. The maximum atomic E-state index is 14.5. The lowest BCUT2D eigenvalue weighted by molar-refractivity contribution is -0.144. The number of hydrogen-bond acceptors (Lipinski definition) is 27. The minimum Gasteiger partial charge on any atom is -0.460 e. The van der Waals surface area contributed by atoms with Crippen molar-refractivity contribution in [3.63, 3.8) is 0 Å². The van der Waals surface area contributed by atoms with Gasteiger partial charge in [-0.2, -0.15) is 16.8 Å². The number of urea groups is 1. The van der Waals surface area contributed by atoms with Gasteiger partial charge < -0.3 is 109 Å². The number of nitrogens with two attached hydrogens (primary N) is 3. The largest absolute Gasteiger partial charge is 0.460 e. The molecule has 0 aromatic heterocycles. The van der Waals surface area contributed by atoms with E-state index in [1.807, 2.05) is 69.0 Å². The Bertz CT molecular complexity index is 4190. The van der Waals surface area contributed by atoms with Crippen LogP contribution in [0.1, 0.15) is 140 Å². The van der Waals surface area contributed by atoms with Gasteiger partial charge in [0.2, 0.25) is 53.2 Å². The molecule has 124 heavy (non-hydrogen) atoms. The third kappa shape index (κ3) is 41.8. The number of anilines is 2. The molecule has 40 nitrogen and oxygen atoms in total. The summed E-state index contributed by atoms with van der Waals surface area (Å²) < 4.78 is 97.3. The van der Waals surface area contributed by atoms with E-state index in [-0.39, 0.29) is 173 Å². The first-order valence-electron chi connectivity index (χ1n) is 41.6. The summed E-state index contributed by atoms with van der Waals surface area (Å²) in [6.45, 7) is 11.2. The molecule has 1 heterocycles. The molecule has 1 aliphatic carbocycles. The van der Waals surface area contributed by atoms with Crippen LogP contribution in [-0.4, -0.2) is 268 Å². The first kappa shape index (κ1) is 105. The van der Waals surface area contributed by atoms with Crippen LogP contribution >= 0.6 is 8.58 Å². The fourth-order valence-electron chi connectivity index (χ4n) is 12.8. The minimum atomic E-state index is -4.39. The average Bonchev–Trinajstić information content (AvgIpc) is 0.771. The first-order chi connectivity index (χ1) is 59.1. The van der Waals surface area contributed by atoms with Gasteiger partial charge in [-0.25, -0.2) is 4.79 Å². The number of carbonyl (C=O) groups excluding carboxylic acids is 11. The fraction of sp³-hybridized carbons (Fsp3) is 0.593. The zero-order valence-corrected chi connectivity index (χ0v) is 74.3. The van der Waals surface area contributed by atoms with E-state index in [4.69, 9.17) is 54.8 Å². The van der Waals surface area contributed by atoms with Crippen molar-refractivity contribution in [2.24, 2.45) is 23.2 Å². The van der Waals surface area contributed by atoms with Crippen LogP contribution in [0.2, 0.25) is 0 Å². The molecular formula is C81H128N17O23PS2. The van der Waals surface area contributed by atoms with Crippen LogP contribution < -0.4 is 86.1 Å². The number of ether oxygens (including phenoxy) is 6.